The van der Waals surface area contributed by atoms with Crippen LogP contribution in [0.5, 0.6) is 0 Å². The minimum absolute atomic E-state index is 0.0299. The molecule has 1 heterocycles. The summed E-state index contributed by atoms with van der Waals surface area (Å²) in [6.45, 7) is 1.97. The topological polar surface area (TPSA) is 83.6 Å². The smallest absolute Gasteiger partial charge is 0.228 e. The second-order valence-electron chi connectivity index (χ2n) is 6.81. The molecule has 2 fully saturated rings. The number of nitrogens with one attached hydrogen (secondary N) is 1. The molecular weight excluding hydrogens is 328 g/mol. The van der Waals surface area contributed by atoms with Gasteiger partial charge in [0.2, 0.25) is 11.8 Å². The van der Waals surface area contributed by atoms with Gasteiger partial charge in [-0.05, 0) is 31.9 Å². The van der Waals surface area contributed by atoms with E-state index in [4.69, 9.17) is 0 Å². The lowest BCUT2D eigenvalue weighted by Gasteiger charge is -2.23. The maximum Gasteiger partial charge on any atom is 0.228 e. The van der Waals surface area contributed by atoms with Crippen LogP contribution in [-0.2, 0) is 19.4 Å². The van der Waals surface area contributed by atoms with Crippen molar-refractivity contribution in [3.8, 4) is 0 Å². The van der Waals surface area contributed by atoms with Crippen LogP contribution in [-0.4, -0.2) is 49.7 Å². The van der Waals surface area contributed by atoms with Gasteiger partial charge in [-0.1, -0.05) is 17.7 Å². The Hall–Kier alpha value is -1.89. The van der Waals surface area contributed by atoms with Crippen molar-refractivity contribution in [3.63, 3.8) is 0 Å². The molecule has 2 aliphatic rings. The van der Waals surface area contributed by atoms with E-state index in [1.807, 2.05) is 31.2 Å². The van der Waals surface area contributed by atoms with Crippen molar-refractivity contribution in [1.82, 2.24) is 4.90 Å². The lowest BCUT2D eigenvalue weighted by atomic mass is 10.2. The summed E-state index contributed by atoms with van der Waals surface area (Å²) in [6, 6.07) is 7.24. The Morgan fingerprint density at radius 1 is 1.17 bits per heavy atom. The van der Waals surface area contributed by atoms with Crippen LogP contribution in [0.2, 0.25) is 0 Å². The van der Waals surface area contributed by atoms with E-state index in [0.717, 1.165) is 11.3 Å². The molecule has 0 bridgehead atoms. The molecule has 1 saturated carbocycles. The molecule has 3 atom stereocenters. The molecule has 3 unspecified atom stereocenters. The number of aryl methyl sites for hydroxylation is 1. The van der Waals surface area contributed by atoms with Crippen molar-refractivity contribution in [1.29, 1.82) is 0 Å². The number of benzene rings is 1. The quantitative estimate of drug-likeness (QED) is 0.885. The molecule has 1 aliphatic heterocycles. The molecule has 3 rings (SSSR count). The highest BCUT2D eigenvalue weighted by molar-refractivity contribution is 7.91. The molecule has 130 valence electrons. The number of hydrogen-bond donors (Lipinski definition) is 1. The zero-order valence-corrected chi connectivity index (χ0v) is 14.7. The Kier molecular flexibility index (Phi) is 4.38. The van der Waals surface area contributed by atoms with E-state index in [9.17, 15) is 18.0 Å². The van der Waals surface area contributed by atoms with Gasteiger partial charge in [0.1, 0.15) is 0 Å². The monoisotopic (exact) mass is 350 g/mol. The van der Waals surface area contributed by atoms with E-state index in [2.05, 4.69) is 5.32 Å². The zero-order valence-electron chi connectivity index (χ0n) is 13.9. The normalized spacial score (nSPS) is 27.5. The molecule has 0 spiro atoms. The fraction of sp³-hybridized carbons (Fsp3) is 0.529. The highest BCUT2D eigenvalue weighted by Gasteiger charge is 2.50. The number of amides is 2. The average molecular weight is 350 g/mol. The second-order valence-corrected chi connectivity index (χ2v) is 9.04. The molecule has 2 amide bonds. The standard InChI is InChI=1S/C17H22N2O4S/c1-11-3-5-12(6-4-11)18-16(20)14-9-15(14)17(21)19(2)13-7-8-24(22,23)10-13/h3-6,13-15H,7-10H2,1-2H3,(H,18,20). The van der Waals surface area contributed by atoms with Gasteiger partial charge in [0.25, 0.3) is 0 Å². The number of hydrogen-bond acceptors (Lipinski definition) is 4. The molecular formula is C17H22N2O4S. The Bertz CT molecular complexity index is 757. The molecule has 0 aromatic heterocycles. The van der Waals surface area contributed by atoms with Gasteiger partial charge in [0, 0.05) is 18.8 Å². The van der Waals surface area contributed by atoms with Crippen LogP contribution in [0.3, 0.4) is 0 Å². The summed E-state index contributed by atoms with van der Waals surface area (Å²) >= 11 is 0. The molecule has 7 heteroatoms. The molecule has 6 nitrogen and oxygen atoms in total. The lowest BCUT2D eigenvalue weighted by molar-refractivity contribution is -0.134. The fourth-order valence-corrected chi connectivity index (χ4v) is 4.93. The van der Waals surface area contributed by atoms with Crippen molar-refractivity contribution in [3.05, 3.63) is 29.8 Å². The SMILES string of the molecule is Cc1ccc(NC(=O)C2CC2C(=O)N(C)C2CCS(=O)(=O)C2)cc1. The van der Waals surface area contributed by atoms with Crippen LogP contribution in [0.25, 0.3) is 0 Å². The second kappa shape index (κ2) is 6.20. The van der Waals surface area contributed by atoms with Crippen molar-refractivity contribution in [2.24, 2.45) is 11.8 Å². The summed E-state index contributed by atoms with van der Waals surface area (Å²) < 4.78 is 23.1. The molecule has 1 aromatic rings. The molecule has 1 aliphatic carbocycles. The van der Waals surface area contributed by atoms with Crippen LogP contribution in [0.1, 0.15) is 18.4 Å². The van der Waals surface area contributed by atoms with Crippen LogP contribution < -0.4 is 5.32 Å². The number of rotatable bonds is 4. The average Bonchev–Trinajstić information content (AvgIpc) is 3.25. The molecule has 1 saturated heterocycles. The molecule has 24 heavy (non-hydrogen) atoms. The van der Waals surface area contributed by atoms with E-state index in [1.54, 1.807) is 7.05 Å². The minimum atomic E-state index is -3.03. The predicted molar refractivity (Wildman–Crippen MR) is 91.2 cm³/mol. The van der Waals surface area contributed by atoms with Crippen molar-refractivity contribution in [2.45, 2.75) is 25.8 Å². The number of carbonyl (C=O) groups is 2. The number of anilines is 1. The third-order valence-electron chi connectivity index (χ3n) is 4.87. The third kappa shape index (κ3) is 3.61. The van der Waals surface area contributed by atoms with Gasteiger partial charge in [-0.25, -0.2) is 8.42 Å². The van der Waals surface area contributed by atoms with Crippen LogP contribution in [0, 0.1) is 18.8 Å². The van der Waals surface area contributed by atoms with Crippen LogP contribution in [0.15, 0.2) is 24.3 Å². The number of carbonyl (C=O) groups excluding carboxylic acids is 2. The van der Waals surface area contributed by atoms with Crippen molar-refractivity contribution < 1.29 is 18.0 Å². The first kappa shape index (κ1) is 17.0. The predicted octanol–water partition coefficient (Wildman–Crippen LogP) is 1.22. The Morgan fingerprint density at radius 3 is 2.42 bits per heavy atom. The van der Waals surface area contributed by atoms with E-state index < -0.39 is 9.84 Å². The maximum atomic E-state index is 12.5. The summed E-state index contributed by atoms with van der Waals surface area (Å²) in [6.07, 6.45) is 1.01. The summed E-state index contributed by atoms with van der Waals surface area (Å²) in [4.78, 5) is 26.2. The van der Waals surface area contributed by atoms with E-state index in [0.29, 0.717) is 12.8 Å². The Morgan fingerprint density at radius 2 is 1.83 bits per heavy atom. The summed E-state index contributed by atoms with van der Waals surface area (Å²) in [5, 5.41) is 2.83. The van der Waals surface area contributed by atoms with E-state index in [-0.39, 0.29) is 41.2 Å². The molecule has 1 N–H and O–H groups in total. The van der Waals surface area contributed by atoms with Gasteiger partial charge in [0.15, 0.2) is 9.84 Å². The Balaban J connectivity index is 1.55. The van der Waals surface area contributed by atoms with Crippen molar-refractivity contribution >= 4 is 27.3 Å². The largest absolute Gasteiger partial charge is 0.341 e. The number of nitrogens with zero attached hydrogens (tertiary/aromatic N) is 1. The number of sulfone groups is 1. The Labute approximate surface area is 142 Å². The van der Waals surface area contributed by atoms with Gasteiger partial charge in [-0.2, -0.15) is 0 Å². The maximum absolute atomic E-state index is 12.5. The fourth-order valence-electron chi connectivity index (χ4n) is 3.15. The van der Waals surface area contributed by atoms with Gasteiger partial charge in [-0.15, -0.1) is 0 Å². The first-order valence-electron chi connectivity index (χ1n) is 8.11. The highest BCUT2D eigenvalue weighted by atomic mass is 32.2. The summed E-state index contributed by atoms with van der Waals surface area (Å²) in [5.41, 5.74) is 1.83. The molecule has 1 aromatic carbocycles. The first-order chi connectivity index (χ1) is 11.3. The van der Waals surface area contributed by atoms with Crippen LogP contribution >= 0.6 is 0 Å². The van der Waals surface area contributed by atoms with Gasteiger partial charge < -0.3 is 10.2 Å². The summed E-state index contributed by atoms with van der Waals surface area (Å²) in [5.74, 6) is -0.756. The zero-order chi connectivity index (χ0) is 17.5. The third-order valence-corrected chi connectivity index (χ3v) is 6.62. The van der Waals surface area contributed by atoms with Gasteiger partial charge >= 0.3 is 0 Å². The summed E-state index contributed by atoms with van der Waals surface area (Å²) in [7, 11) is -1.39. The first-order valence-corrected chi connectivity index (χ1v) is 9.93. The van der Waals surface area contributed by atoms with E-state index in [1.165, 1.54) is 4.90 Å². The highest BCUT2D eigenvalue weighted by Crippen LogP contribution is 2.41. The van der Waals surface area contributed by atoms with Gasteiger partial charge in [0.05, 0.1) is 23.3 Å². The minimum Gasteiger partial charge on any atom is -0.341 e. The van der Waals surface area contributed by atoms with Crippen LogP contribution in [0.4, 0.5) is 5.69 Å². The van der Waals surface area contributed by atoms with E-state index >= 15 is 0 Å². The lowest BCUT2D eigenvalue weighted by Crippen LogP contribution is -2.39. The van der Waals surface area contributed by atoms with Crippen molar-refractivity contribution in [2.75, 3.05) is 23.9 Å². The molecule has 0 radical (unpaired) electrons. The van der Waals surface area contributed by atoms with Gasteiger partial charge in [-0.3, -0.25) is 9.59 Å².